The smallest absolute Gasteiger partial charge is 0.172 e. The van der Waals surface area contributed by atoms with Crippen LogP contribution in [0, 0.1) is 5.92 Å². The zero-order valence-electron chi connectivity index (χ0n) is 20.1. The Kier molecular flexibility index (Phi) is 5.24. The highest BCUT2D eigenvalue weighted by Crippen LogP contribution is 2.55. The van der Waals surface area contributed by atoms with Crippen LogP contribution in [0.25, 0.3) is 11.1 Å². The van der Waals surface area contributed by atoms with E-state index in [1.54, 1.807) is 12.3 Å². The van der Waals surface area contributed by atoms with Gasteiger partial charge in [0.25, 0.3) is 0 Å². The predicted octanol–water partition coefficient (Wildman–Crippen LogP) is 6.53. The molecule has 3 aliphatic heterocycles. The molecule has 0 saturated carbocycles. The standard InChI is InChI=1S/C31H29N3O2/c35-28-8-3-7-27-30(22-15-24-10-11-25(16-22)34(24)19-23-6-1-2-14-33-23)26-12-9-20(17-29(26)36-31(27)28)21-5-4-13-32-18-21/h1-9,12-14,17-18,22,24-25,30,35H,10-11,15-16,19H2. The molecule has 3 atom stereocenters. The summed E-state index contributed by atoms with van der Waals surface area (Å²) >= 11 is 0. The molecule has 180 valence electrons. The first kappa shape index (κ1) is 21.6. The van der Waals surface area contributed by atoms with Gasteiger partial charge in [-0.2, -0.15) is 0 Å². The van der Waals surface area contributed by atoms with Crippen molar-refractivity contribution in [3.8, 4) is 28.4 Å². The Hall–Kier alpha value is -3.70. The topological polar surface area (TPSA) is 58.5 Å². The van der Waals surface area contributed by atoms with Gasteiger partial charge in [0.2, 0.25) is 0 Å². The number of ether oxygens (including phenoxy) is 1. The molecule has 5 heterocycles. The maximum absolute atomic E-state index is 10.8. The Balaban J connectivity index is 1.24. The molecule has 0 amide bonds. The van der Waals surface area contributed by atoms with E-state index < -0.39 is 0 Å². The first-order valence-corrected chi connectivity index (χ1v) is 12.9. The molecule has 5 nitrogen and oxygen atoms in total. The number of phenolic OH excluding ortho intramolecular Hbond substituents is 1. The van der Waals surface area contributed by atoms with E-state index in [1.807, 2.05) is 30.6 Å². The van der Waals surface area contributed by atoms with E-state index in [-0.39, 0.29) is 11.7 Å². The van der Waals surface area contributed by atoms with Crippen LogP contribution < -0.4 is 4.74 Å². The lowest BCUT2D eigenvalue weighted by Gasteiger charge is -2.43. The van der Waals surface area contributed by atoms with Crippen LogP contribution in [-0.4, -0.2) is 32.1 Å². The van der Waals surface area contributed by atoms with Crippen molar-refractivity contribution in [2.45, 2.75) is 50.2 Å². The van der Waals surface area contributed by atoms with E-state index in [4.69, 9.17) is 4.74 Å². The van der Waals surface area contributed by atoms with Gasteiger partial charge < -0.3 is 9.84 Å². The molecule has 2 fully saturated rings. The van der Waals surface area contributed by atoms with Crippen LogP contribution in [0.5, 0.6) is 17.2 Å². The summed E-state index contributed by atoms with van der Waals surface area (Å²) in [5.41, 5.74) is 5.62. The normalized spacial score (nSPS) is 24.6. The Morgan fingerprint density at radius 2 is 1.75 bits per heavy atom. The summed E-state index contributed by atoms with van der Waals surface area (Å²) in [5.74, 6) is 2.37. The number of fused-ring (bicyclic) bond motifs is 4. The molecule has 2 aromatic heterocycles. The molecule has 0 aliphatic carbocycles. The SMILES string of the molecule is Oc1cccc2c1Oc1cc(-c3cccnc3)ccc1C2C1CC2CCC(C1)N2Cc1ccccn1. The zero-order chi connectivity index (χ0) is 24.1. The van der Waals surface area contributed by atoms with Gasteiger partial charge in [-0.05, 0) is 67.5 Å². The van der Waals surface area contributed by atoms with Crippen LogP contribution in [0.1, 0.15) is 48.4 Å². The largest absolute Gasteiger partial charge is 0.504 e. The highest BCUT2D eigenvalue weighted by molar-refractivity contribution is 5.68. The molecular weight excluding hydrogens is 446 g/mol. The molecule has 4 aromatic rings. The summed E-state index contributed by atoms with van der Waals surface area (Å²) in [4.78, 5) is 11.6. The van der Waals surface area contributed by atoms with Gasteiger partial charge in [0.15, 0.2) is 11.5 Å². The van der Waals surface area contributed by atoms with Crippen molar-refractivity contribution in [2.75, 3.05) is 0 Å². The molecule has 1 N–H and O–H groups in total. The number of hydrogen-bond donors (Lipinski definition) is 1. The minimum Gasteiger partial charge on any atom is -0.504 e. The van der Waals surface area contributed by atoms with Crippen LogP contribution >= 0.6 is 0 Å². The van der Waals surface area contributed by atoms with Crippen molar-refractivity contribution in [2.24, 2.45) is 5.92 Å². The summed E-state index contributed by atoms with van der Waals surface area (Å²) in [6.07, 6.45) is 10.3. The second-order valence-electron chi connectivity index (χ2n) is 10.4. The van der Waals surface area contributed by atoms with Crippen molar-refractivity contribution < 1.29 is 9.84 Å². The first-order chi connectivity index (χ1) is 17.7. The minimum atomic E-state index is 0.207. The number of rotatable bonds is 4. The van der Waals surface area contributed by atoms with Crippen LogP contribution in [0.4, 0.5) is 0 Å². The quantitative estimate of drug-likeness (QED) is 0.364. The minimum absolute atomic E-state index is 0.207. The number of piperidine rings is 1. The fraction of sp³-hybridized carbons (Fsp3) is 0.290. The number of hydrogen-bond acceptors (Lipinski definition) is 5. The molecule has 7 rings (SSSR count). The Bertz CT molecular complexity index is 1380. The number of nitrogens with zero attached hydrogens (tertiary/aromatic N) is 3. The third kappa shape index (κ3) is 3.66. The summed E-state index contributed by atoms with van der Waals surface area (Å²) < 4.78 is 6.37. The second-order valence-corrected chi connectivity index (χ2v) is 10.4. The molecule has 2 bridgehead atoms. The molecule has 3 unspecified atom stereocenters. The molecule has 0 spiro atoms. The fourth-order valence-corrected chi connectivity index (χ4v) is 6.80. The molecule has 0 radical (unpaired) electrons. The highest BCUT2D eigenvalue weighted by Gasteiger charge is 2.45. The summed E-state index contributed by atoms with van der Waals surface area (Å²) in [6.45, 7) is 0.930. The molecule has 2 saturated heterocycles. The van der Waals surface area contributed by atoms with E-state index in [0.29, 0.717) is 23.8 Å². The fourth-order valence-electron chi connectivity index (χ4n) is 6.80. The van der Waals surface area contributed by atoms with Gasteiger partial charge >= 0.3 is 0 Å². The van der Waals surface area contributed by atoms with Gasteiger partial charge in [-0.3, -0.25) is 14.9 Å². The number of para-hydroxylation sites is 1. The molecular formula is C31H29N3O2. The maximum atomic E-state index is 10.8. The van der Waals surface area contributed by atoms with Crippen molar-refractivity contribution >= 4 is 0 Å². The lowest BCUT2D eigenvalue weighted by atomic mass is 9.72. The Morgan fingerprint density at radius 1 is 0.861 bits per heavy atom. The predicted molar refractivity (Wildman–Crippen MR) is 139 cm³/mol. The number of aromatic hydroxyl groups is 1. The van der Waals surface area contributed by atoms with E-state index in [9.17, 15) is 5.11 Å². The number of aromatic nitrogens is 2. The molecule has 3 aliphatic rings. The lowest BCUT2D eigenvalue weighted by Crippen LogP contribution is -2.44. The molecule has 2 aromatic carbocycles. The van der Waals surface area contributed by atoms with Crippen LogP contribution in [0.15, 0.2) is 85.3 Å². The van der Waals surface area contributed by atoms with Gasteiger partial charge in [0, 0.05) is 59.8 Å². The van der Waals surface area contributed by atoms with Gasteiger partial charge in [0.1, 0.15) is 5.75 Å². The van der Waals surface area contributed by atoms with Crippen LogP contribution in [0.2, 0.25) is 0 Å². The second kappa shape index (κ2) is 8.75. The summed E-state index contributed by atoms with van der Waals surface area (Å²) in [5, 5.41) is 10.8. The van der Waals surface area contributed by atoms with Crippen LogP contribution in [0.3, 0.4) is 0 Å². The Labute approximate surface area is 211 Å². The first-order valence-electron chi connectivity index (χ1n) is 12.9. The van der Waals surface area contributed by atoms with E-state index in [2.05, 4.69) is 57.3 Å². The molecule has 36 heavy (non-hydrogen) atoms. The summed E-state index contributed by atoms with van der Waals surface area (Å²) in [6, 6.07) is 23.7. The van der Waals surface area contributed by atoms with Gasteiger partial charge in [-0.15, -0.1) is 0 Å². The lowest BCUT2D eigenvalue weighted by molar-refractivity contribution is 0.0875. The van der Waals surface area contributed by atoms with Crippen molar-refractivity contribution in [3.63, 3.8) is 0 Å². The zero-order valence-corrected chi connectivity index (χ0v) is 20.1. The average Bonchev–Trinajstić information content (AvgIpc) is 3.14. The average molecular weight is 476 g/mol. The number of phenols is 1. The van der Waals surface area contributed by atoms with E-state index >= 15 is 0 Å². The third-order valence-corrected chi connectivity index (χ3v) is 8.38. The van der Waals surface area contributed by atoms with E-state index in [1.165, 1.54) is 18.4 Å². The number of pyridine rings is 2. The van der Waals surface area contributed by atoms with Gasteiger partial charge in [0.05, 0.1) is 5.69 Å². The monoisotopic (exact) mass is 475 g/mol. The Morgan fingerprint density at radius 3 is 2.53 bits per heavy atom. The van der Waals surface area contributed by atoms with Gasteiger partial charge in [-0.25, -0.2) is 0 Å². The maximum Gasteiger partial charge on any atom is 0.172 e. The summed E-state index contributed by atoms with van der Waals surface area (Å²) in [7, 11) is 0. The third-order valence-electron chi connectivity index (χ3n) is 8.38. The van der Waals surface area contributed by atoms with Crippen molar-refractivity contribution in [1.29, 1.82) is 0 Å². The van der Waals surface area contributed by atoms with Crippen LogP contribution in [-0.2, 0) is 6.54 Å². The van der Waals surface area contributed by atoms with Gasteiger partial charge in [-0.1, -0.05) is 36.4 Å². The highest BCUT2D eigenvalue weighted by atomic mass is 16.5. The number of benzene rings is 2. The van der Waals surface area contributed by atoms with Crippen molar-refractivity contribution in [1.82, 2.24) is 14.9 Å². The van der Waals surface area contributed by atoms with Crippen molar-refractivity contribution in [3.05, 3.63) is 102 Å². The molecule has 5 heteroatoms. The van der Waals surface area contributed by atoms with E-state index in [0.717, 1.165) is 47.5 Å².